The summed E-state index contributed by atoms with van der Waals surface area (Å²) >= 11 is 7.14. The van der Waals surface area contributed by atoms with Gasteiger partial charge in [-0.25, -0.2) is 13.9 Å². The summed E-state index contributed by atoms with van der Waals surface area (Å²) in [6.07, 6.45) is -0.318. The molecular formula is C20H19ClFN5O3S. The number of Topliss-reactive ketones (excluding diaryl/α,β-unsaturated/α-hetero) is 1. The number of aromatic nitrogens is 4. The molecule has 0 fully saturated rings. The fourth-order valence-corrected chi connectivity index (χ4v) is 3.66. The highest BCUT2D eigenvalue weighted by Crippen LogP contribution is 2.32. The van der Waals surface area contributed by atoms with Gasteiger partial charge in [-0.1, -0.05) is 48.9 Å². The zero-order valence-corrected chi connectivity index (χ0v) is 18.1. The van der Waals surface area contributed by atoms with Gasteiger partial charge >= 0.3 is 6.09 Å². The van der Waals surface area contributed by atoms with E-state index in [4.69, 9.17) is 16.3 Å². The molecule has 0 aliphatic carbocycles. The number of carbonyl (C=O) groups is 2. The first-order valence-electron chi connectivity index (χ1n) is 9.35. The number of alkyl carbamates (subject to hydrolysis) is 1. The molecule has 1 amide bonds. The lowest BCUT2D eigenvalue weighted by Crippen LogP contribution is -2.42. The molecule has 0 radical (unpaired) electrons. The summed E-state index contributed by atoms with van der Waals surface area (Å²) in [5.74, 6) is -0.751. The zero-order valence-electron chi connectivity index (χ0n) is 16.5. The van der Waals surface area contributed by atoms with Gasteiger partial charge in [0.05, 0.1) is 11.1 Å². The van der Waals surface area contributed by atoms with E-state index in [1.807, 2.05) is 30.3 Å². The highest BCUT2D eigenvalue weighted by molar-refractivity contribution is 7.99. The minimum absolute atomic E-state index is 0.101. The summed E-state index contributed by atoms with van der Waals surface area (Å²) in [4.78, 5) is 25.3. The second-order valence-corrected chi connectivity index (χ2v) is 7.85. The van der Waals surface area contributed by atoms with Crippen molar-refractivity contribution in [2.75, 3.05) is 0 Å². The normalized spacial score (nSPS) is 11.7. The first kappa shape index (κ1) is 22.7. The Labute approximate surface area is 187 Å². The number of tetrazole rings is 1. The van der Waals surface area contributed by atoms with Crippen LogP contribution in [0.4, 0.5) is 9.18 Å². The van der Waals surface area contributed by atoms with E-state index in [1.165, 1.54) is 22.9 Å². The van der Waals surface area contributed by atoms with Crippen molar-refractivity contribution < 1.29 is 18.7 Å². The van der Waals surface area contributed by atoms with E-state index in [9.17, 15) is 14.0 Å². The van der Waals surface area contributed by atoms with E-state index >= 15 is 0 Å². The number of ketones is 1. The highest BCUT2D eigenvalue weighted by Gasteiger charge is 2.22. The van der Waals surface area contributed by atoms with Crippen LogP contribution in [0, 0.1) is 5.82 Å². The van der Waals surface area contributed by atoms with Crippen molar-refractivity contribution in [2.45, 2.75) is 42.6 Å². The quantitative estimate of drug-likeness (QED) is 0.514. The maximum Gasteiger partial charge on any atom is 0.408 e. The van der Waals surface area contributed by atoms with Gasteiger partial charge in [0, 0.05) is 4.90 Å². The predicted molar refractivity (Wildman–Crippen MR) is 112 cm³/mol. The average molecular weight is 464 g/mol. The number of hydrogen-bond acceptors (Lipinski definition) is 7. The minimum Gasteiger partial charge on any atom is -0.445 e. The van der Waals surface area contributed by atoms with E-state index < -0.39 is 18.0 Å². The van der Waals surface area contributed by atoms with Crippen LogP contribution in [-0.2, 0) is 22.7 Å². The van der Waals surface area contributed by atoms with Gasteiger partial charge in [0.1, 0.15) is 19.0 Å². The SMILES string of the molecule is CCC(NC(=O)OCc1ccccc1)C(=O)Cn1nnnc1Sc1ccc(F)cc1Cl. The lowest BCUT2D eigenvalue weighted by molar-refractivity contribution is -0.122. The minimum atomic E-state index is -0.764. The third-order valence-corrected chi connectivity index (χ3v) is 5.68. The molecule has 0 aliphatic rings. The van der Waals surface area contributed by atoms with Gasteiger partial charge in [-0.3, -0.25) is 4.79 Å². The number of nitrogens with zero attached hydrogens (tertiary/aromatic N) is 4. The molecule has 0 aliphatic heterocycles. The first-order chi connectivity index (χ1) is 15.0. The second kappa shape index (κ2) is 10.9. The second-order valence-electron chi connectivity index (χ2n) is 6.43. The van der Waals surface area contributed by atoms with Gasteiger partial charge in [0.15, 0.2) is 5.78 Å². The molecule has 1 unspecified atom stereocenters. The summed E-state index contributed by atoms with van der Waals surface area (Å²) in [6, 6.07) is 12.4. The van der Waals surface area contributed by atoms with Crippen LogP contribution in [0.15, 0.2) is 58.6 Å². The number of hydrogen-bond donors (Lipinski definition) is 1. The third-order valence-electron chi connectivity index (χ3n) is 4.20. The van der Waals surface area contributed by atoms with Crippen LogP contribution in [0.2, 0.25) is 5.02 Å². The van der Waals surface area contributed by atoms with Crippen molar-refractivity contribution in [2.24, 2.45) is 0 Å². The molecule has 3 aromatic rings. The van der Waals surface area contributed by atoms with E-state index in [2.05, 4.69) is 20.8 Å². The fraction of sp³-hybridized carbons (Fsp3) is 0.250. The summed E-state index contributed by atoms with van der Waals surface area (Å²) in [6.45, 7) is 1.71. The molecule has 11 heteroatoms. The molecule has 31 heavy (non-hydrogen) atoms. The monoisotopic (exact) mass is 463 g/mol. The summed E-state index contributed by atoms with van der Waals surface area (Å²) in [5.41, 5.74) is 0.840. The molecule has 1 heterocycles. The van der Waals surface area contributed by atoms with Crippen molar-refractivity contribution in [3.05, 3.63) is 64.9 Å². The smallest absolute Gasteiger partial charge is 0.408 e. The molecule has 0 spiro atoms. The number of amides is 1. The molecule has 0 bridgehead atoms. The number of ether oxygens (including phenoxy) is 1. The number of nitrogens with one attached hydrogen (secondary N) is 1. The van der Waals surface area contributed by atoms with Crippen LogP contribution >= 0.6 is 23.4 Å². The van der Waals surface area contributed by atoms with Gasteiger partial charge in [-0.15, -0.1) is 5.10 Å². The Hall–Kier alpha value is -2.98. The maximum atomic E-state index is 13.2. The number of rotatable bonds is 9. The Kier molecular flexibility index (Phi) is 7.96. The van der Waals surface area contributed by atoms with Crippen LogP contribution in [-0.4, -0.2) is 38.1 Å². The average Bonchev–Trinajstić information content (AvgIpc) is 3.19. The van der Waals surface area contributed by atoms with E-state index in [0.717, 1.165) is 17.3 Å². The Morgan fingerprint density at radius 1 is 1.26 bits per heavy atom. The standard InChI is InChI=1S/C20H19ClFN5O3S/c1-2-16(23-20(29)30-12-13-6-4-3-5-7-13)17(28)11-27-19(24-25-26-27)31-18-9-8-14(22)10-15(18)21/h3-10,16H,2,11-12H2,1H3,(H,23,29). The predicted octanol–water partition coefficient (Wildman–Crippen LogP) is 3.89. The van der Waals surface area contributed by atoms with Gasteiger partial charge < -0.3 is 10.1 Å². The number of halogens is 2. The molecule has 3 rings (SSSR count). The summed E-state index contributed by atoms with van der Waals surface area (Å²) < 4.78 is 19.7. The van der Waals surface area contributed by atoms with Crippen molar-refractivity contribution >= 4 is 35.2 Å². The largest absolute Gasteiger partial charge is 0.445 e. The van der Waals surface area contributed by atoms with Gasteiger partial charge in [0.2, 0.25) is 5.16 Å². The van der Waals surface area contributed by atoms with Crippen molar-refractivity contribution in [3.63, 3.8) is 0 Å². The lowest BCUT2D eigenvalue weighted by atomic mass is 10.1. The Morgan fingerprint density at radius 2 is 2.03 bits per heavy atom. The number of benzene rings is 2. The number of carbonyl (C=O) groups excluding carboxylic acids is 2. The van der Waals surface area contributed by atoms with Gasteiger partial charge in [-0.2, -0.15) is 0 Å². The van der Waals surface area contributed by atoms with Crippen LogP contribution in [0.3, 0.4) is 0 Å². The lowest BCUT2D eigenvalue weighted by Gasteiger charge is -2.16. The molecule has 1 N–H and O–H groups in total. The van der Waals surface area contributed by atoms with Crippen LogP contribution < -0.4 is 5.32 Å². The topological polar surface area (TPSA) is 99.0 Å². The Bertz CT molecular complexity index is 1050. The molecule has 2 aromatic carbocycles. The first-order valence-corrected chi connectivity index (χ1v) is 10.5. The van der Waals surface area contributed by atoms with Crippen LogP contribution in [0.5, 0.6) is 0 Å². The van der Waals surface area contributed by atoms with Crippen molar-refractivity contribution in [3.8, 4) is 0 Å². The third kappa shape index (κ3) is 6.50. The summed E-state index contributed by atoms with van der Waals surface area (Å²) in [5, 5.41) is 14.4. The molecule has 8 nitrogen and oxygen atoms in total. The van der Waals surface area contributed by atoms with E-state index in [0.29, 0.717) is 16.5 Å². The molecule has 1 aromatic heterocycles. The van der Waals surface area contributed by atoms with Crippen LogP contribution in [0.25, 0.3) is 0 Å². The fourth-order valence-electron chi connectivity index (χ4n) is 2.60. The molecular weight excluding hydrogens is 445 g/mol. The highest BCUT2D eigenvalue weighted by atomic mass is 35.5. The van der Waals surface area contributed by atoms with E-state index in [-0.39, 0.29) is 24.0 Å². The molecule has 1 atom stereocenters. The van der Waals surface area contributed by atoms with Crippen molar-refractivity contribution in [1.29, 1.82) is 0 Å². The van der Waals surface area contributed by atoms with Crippen molar-refractivity contribution in [1.82, 2.24) is 25.5 Å². The molecule has 162 valence electrons. The van der Waals surface area contributed by atoms with Gasteiger partial charge in [0.25, 0.3) is 0 Å². The Balaban J connectivity index is 1.58. The molecule has 0 saturated heterocycles. The summed E-state index contributed by atoms with van der Waals surface area (Å²) in [7, 11) is 0. The van der Waals surface area contributed by atoms with Crippen LogP contribution in [0.1, 0.15) is 18.9 Å². The van der Waals surface area contributed by atoms with E-state index in [1.54, 1.807) is 6.92 Å². The molecule has 0 saturated carbocycles. The zero-order chi connectivity index (χ0) is 22.2. The van der Waals surface area contributed by atoms with Gasteiger partial charge in [-0.05, 0) is 52.4 Å². The maximum absolute atomic E-state index is 13.2. The Morgan fingerprint density at radius 3 is 2.74 bits per heavy atom.